The van der Waals surface area contributed by atoms with Crippen molar-refractivity contribution in [1.82, 2.24) is 9.80 Å². The number of hydrogen-bond donors (Lipinski definition) is 0. The number of rotatable bonds is 7. The van der Waals surface area contributed by atoms with E-state index in [0.717, 1.165) is 36.0 Å². The first kappa shape index (κ1) is 25.6. The maximum absolute atomic E-state index is 12.6. The molecule has 0 spiro atoms. The second-order valence-corrected chi connectivity index (χ2v) is 7.31. The molecule has 3 rings (SSSR count). The number of halogens is 2. The van der Waals surface area contributed by atoms with Gasteiger partial charge in [-0.05, 0) is 52.9 Å². The normalized spacial score (nSPS) is 14.7. The van der Waals surface area contributed by atoms with E-state index >= 15 is 0 Å². The van der Waals surface area contributed by atoms with Crippen LogP contribution in [-0.4, -0.2) is 56.2 Å². The van der Waals surface area contributed by atoms with Gasteiger partial charge in [0.1, 0.15) is 5.58 Å². The number of fused-ring (bicyclic) bond motifs is 3. The van der Waals surface area contributed by atoms with Gasteiger partial charge in [0.05, 0.1) is 18.8 Å². The SMILES string of the molecule is CCOc1cc2oc(=O)c3c(c2cc1OCC)CCN(CC(C)N(C)C)C3.Cl.Cl. The fourth-order valence-electron chi connectivity index (χ4n) is 3.56. The van der Waals surface area contributed by atoms with Gasteiger partial charge >= 0.3 is 5.63 Å². The second kappa shape index (κ2) is 11.1. The monoisotopic (exact) mass is 446 g/mol. The van der Waals surface area contributed by atoms with Crippen molar-refractivity contribution < 1.29 is 13.9 Å². The second-order valence-electron chi connectivity index (χ2n) is 7.31. The molecule has 1 aliphatic rings. The minimum Gasteiger partial charge on any atom is -0.490 e. The fraction of sp³-hybridized carbons (Fsp3) is 0.571. The number of hydrogen-bond acceptors (Lipinski definition) is 6. The molecule has 0 amide bonds. The lowest BCUT2D eigenvalue weighted by Gasteiger charge is -2.32. The Morgan fingerprint density at radius 2 is 1.72 bits per heavy atom. The first-order valence-corrected chi connectivity index (χ1v) is 9.71. The maximum Gasteiger partial charge on any atom is 0.341 e. The number of likely N-dealkylation sites (N-methyl/N-ethyl adjacent to an activating group) is 1. The molecule has 1 aromatic heterocycles. The summed E-state index contributed by atoms with van der Waals surface area (Å²) in [6.45, 7) is 9.64. The van der Waals surface area contributed by atoms with Crippen LogP contribution < -0.4 is 15.1 Å². The molecule has 0 saturated heterocycles. The van der Waals surface area contributed by atoms with Gasteiger partial charge in [-0.15, -0.1) is 24.8 Å². The zero-order chi connectivity index (χ0) is 19.6. The molecule has 6 nitrogen and oxygen atoms in total. The van der Waals surface area contributed by atoms with Gasteiger partial charge in [0.15, 0.2) is 11.5 Å². The zero-order valence-electron chi connectivity index (χ0n) is 17.8. The molecule has 0 N–H and O–H groups in total. The first-order chi connectivity index (χ1) is 12.9. The van der Waals surface area contributed by atoms with E-state index in [1.165, 1.54) is 0 Å². The van der Waals surface area contributed by atoms with E-state index in [1.54, 1.807) is 6.07 Å². The Kier molecular flexibility index (Phi) is 9.76. The standard InChI is InChI=1S/C21H30N2O4.2ClH/c1-6-25-19-10-16-15-8-9-23(12-14(3)22(4)5)13-17(15)21(24)27-18(16)11-20(19)26-7-2;;/h10-11,14H,6-9,12-13H2,1-5H3;2*1H. The minimum atomic E-state index is -0.244. The third-order valence-corrected chi connectivity index (χ3v) is 5.25. The number of benzene rings is 1. The van der Waals surface area contributed by atoms with Gasteiger partial charge < -0.3 is 18.8 Å². The summed E-state index contributed by atoms with van der Waals surface area (Å²) in [5.74, 6) is 1.32. The van der Waals surface area contributed by atoms with Crippen molar-refractivity contribution in [3.05, 3.63) is 33.7 Å². The third-order valence-electron chi connectivity index (χ3n) is 5.25. The van der Waals surface area contributed by atoms with E-state index in [1.807, 2.05) is 19.9 Å². The minimum absolute atomic E-state index is 0. The van der Waals surface area contributed by atoms with E-state index in [-0.39, 0.29) is 30.4 Å². The summed E-state index contributed by atoms with van der Waals surface area (Å²) in [7, 11) is 4.16. The summed E-state index contributed by atoms with van der Waals surface area (Å²) in [6, 6.07) is 4.17. The Morgan fingerprint density at radius 3 is 2.31 bits per heavy atom. The van der Waals surface area contributed by atoms with Gasteiger partial charge in [0.2, 0.25) is 0 Å². The predicted molar refractivity (Wildman–Crippen MR) is 121 cm³/mol. The lowest BCUT2D eigenvalue weighted by atomic mass is 9.97. The van der Waals surface area contributed by atoms with Crippen LogP contribution >= 0.6 is 24.8 Å². The van der Waals surface area contributed by atoms with Crippen LogP contribution in [0.5, 0.6) is 11.5 Å². The molecular formula is C21H32Cl2N2O4. The quantitative estimate of drug-likeness (QED) is 0.603. The molecule has 0 fully saturated rings. The first-order valence-electron chi connectivity index (χ1n) is 9.71. The van der Waals surface area contributed by atoms with E-state index in [9.17, 15) is 4.79 Å². The highest BCUT2D eigenvalue weighted by atomic mass is 35.5. The zero-order valence-corrected chi connectivity index (χ0v) is 19.5. The van der Waals surface area contributed by atoms with Crippen LogP contribution in [0.25, 0.3) is 11.0 Å². The number of nitrogens with zero attached hydrogens (tertiary/aromatic N) is 2. The van der Waals surface area contributed by atoms with Crippen LogP contribution in [0.3, 0.4) is 0 Å². The van der Waals surface area contributed by atoms with Crippen molar-refractivity contribution >= 4 is 35.8 Å². The van der Waals surface area contributed by atoms with Crippen molar-refractivity contribution in [2.75, 3.05) is 40.4 Å². The molecule has 2 aromatic rings. The third kappa shape index (κ3) is 5.57. The summed E-state index contributed by atoms with van der Waals surface area (Å²) < 4.78 is 17.1. The average molecular weight is 447 g/mol. The molecule has 0 aliphatic carbocycles. The summed E-state index contributed by atoms with van der Waals surface area (Å²) >= 11 is 0. The lowest BCUT2D eigenvalue weighted by molar-refractivity contribution is 0.179. The van der Waals surface area contributed by atoms with Gasteiger partial charge in [-0.3, -0.25) is 4.90 Å². The summed E-state index contributed by atoms with van der Waals surface area (Å²) in [5, 5.41) is 0.955. The van der Waals surface area contributed by atoms with Crippen LogP contribution in [0.4, 0.5) is 0 Å². The van der Waals surface area contributed by atoms with Gasteiger partial charge in [-0.25, -0.2) is 4.79 Å². The summed E-state index contributed by atoms with van der Waals surface area (Å²) in [4.78, 5) is 17.2. The molecule has 0 saturated carbocycles. The van der Waals surface area contributed by atoms with Crippen LogP contribution in [0.15, 0.2) is 21.3 Å². The van der Waals surface area contributed by atoms with Gasteiger partial charge in [-0.1, -0.05) is 0 Å². The van der Waals surface area contributed by atoms with Crippen molar-refractivity contribution in [1.29, 1.82) is 0 Å². The Morgan fingerprint density at radius 1 is 1.10 bits per heavy atom. The van der Waals surface area contributed by atoms with Crippen molar-refractivity contribution in [3.8, 4) is 11.5 Å². The fourth-order valence-corrected chi connectivity index (χ4v) is 3.56. The van der Waals surface area contributed by atoms with E-state index in [2.05, 4.69) is 30.8 Å². The highest BCUT2D eigenvalue weighted by Crippen LogP contribution is 2.35. The molecule has 164 valence electrons. The molecule has 8 heteroatoms. The largest absolute Gasteiger partial charge is 0.490 e. The molecule has 29 heavy (non-hydrogen) atoms. The topological polar surface area (TPSA) is 55.2 Å². The Hall–Kier alpha value is -1.47. The Bertz CT molecular complexity index is 870. The van der Waals surface area contributed by atoms with Crippen molar-refractivity contribution in [2.24, 2.45) is 0 Å². The van der Waals surface area contributed by atoms with E-state index in [4.69, 9.17) is 13.9 Å². The van der Waals surface area contributed by atoms with E-state index < -0.39 is 0 Å². The summed E-state index contributed by atoms with van der Waals surface area (Å²) in [6.07, 6.45) is 0.830. The molecule has 0 bridgehead atoms. The Balaban J connectivity index is 0.00000210. The van der Waals surface area contributed by atoms with Crippen LogP contribution in [0.1, 0.15) is 31.9 Å². The molecular weight excluding hydrogens is 415 g/mol. The van der Waals surface area contributed by atoms with Crippen LogP contribution in [0, 0.1) is 0 Å². The molecule has 0 radical (unpaired) electrons. The predicted octanol–water partition coefficient (Wildman–Crippen LogP) is 3.74. The molecule has 1 aromatic carbocycles. The molecule has 1 atom stereocenters. The number of ether oxygens (including phenoxy) is 2. The van der Waals surface area contributed by atoms with E-state index in [0.29, 0.717) is 42.9 Å². The summed E-state index contributed by atoms with van der Waals surface area (Å²) in [5.41, 5.74) is 2.18. The van der Waals surface area contributed by atoms with Gasteiger partial charge in [0.25, 0.3) is 0 Å². The highest BCUT2D eigenvalue weighted by Gasteiger charge is 2.25. The smallest absolute Gasteiger partial charge is 0.341 e. The molecule has 2 heterocycles. The van der Waals surface area contributed by atoms with Crippen LogP contribution in [0.2, 0.25) is 0 Å². The van der Waals surface area contributed by atoms with Crippen molar-refractivity contribution in [3.63, 3.8) is 0 Å². The average Bonchev–Trinajstić information content (AvgIpc) is 2.63. The maximum atomic E-state index is 12.6. The molecule has 1 unspecified atom stereocenters. The molecule has 1 aliphatic heterocycles. The Labute approximate surface area is 185 Å². The lowest BCUT2D eigenvalue weighted by Crippen LogP contribution is -2.42. The van der Waals surface area contributed by atoms with Crippen molar-refractivity contribution in [2.45, 2.75) is 39.8 Å². The highest BCUT2D eigenvalue weighted by molar-refractivity contribution is 5.86. The van der Waals surface area contributed by atoms with Gasteiger partial charge in [0, 0.05) is 37.1 Å². The van der Waals surface area contributed by atoms with Crippen LogP contribution in [-0.2, 0) is 13.0 Å². The van der Waals surface area contributed by atoms with Gasteiger partial charge in [-0.2, -0.15) is 0 Å².